The van der Waals surface area contributed by atoms with Gasteiger partial charge in [0.2, 0.25) is 11.8 Å². The van der Waals surface area contributed by atoms with E-state index in [0.29, 0.717) is 29.0 Å². The molecule has 0 aliphatic carbocycles. The van der Waals surface area contributed by atoms with Crippen LogP contribution in [-0.4, -0.2) is 57.4 Å². The molecule has 8 heteroatoms. The molecule has 2 amide bonds. The second-order valence-electron chi connectivity index (χ2n) is 11.1. The van der Waals surface area contributed by atoms with Gasteiger partial charge in [-0.05, 0) is 59.4 Å². The van der Waals surface area contributed by atoms with Crippen molar-refractivity contribution in [3.05, 3.63) is 142 Å². The van der Waals surface area contributed by atoms with E-state index in [0.717, 1.165) is 11.1 Å². The number of benzene rings is 4. The van der Waals surface area contributed by atoms with Crippen LogP contribution < -0.4 is 0 Å². The molecule has 2 bridgehead atoms. The summed E-state index contributed by atoms with van der Waals surface area (Å²) in [7, 11) is 0. The molecule has 6 rings (SSSR count). The molecular weight excluding hydrogens is 567 g/mol. The van der Waals surface area contributed by atoms with E-state index >= 15 is 0 Å². The van der Waals surface area contributed by atoms with Crippen molar-refractivity contribution in [1.29, 1.82) is 0 Å². The Morgan fingerprint density at radius 2 is 1.19 bits per heavy atom. The van der Waals surface area contributed by atoms with Crippen LogP contribution in [0.2, 0.25) is 5.02 Å². The van der Waals surface area contributed by atoms with E-state index in [1.54, 1.807) is 41.3 Å². The summed E-state index contributed by atoms with van der Waals surface area (Å²) in [4.78, 5) is 44.9. The van der Waals surface area contributed by atoms with Gasteiger partial charge in [0.05, 0.1) is 17.9 Å². The van der Waals surface area contributed by atoms with Gasteiger partial charge in [-0.1, -0.05) is 96.5 Å². The average Bonchev–Trinajstić information content (AvgIpc) is 3.32. The molecule has 1 unspecified atom stereocenters. The molecule has 4 atom stereocenters. The molecule has 2 aliphatic rings. The predicted octanol–water partition coefficient (Wildman–Crippen LogP) is 6.10. The molecule has 4 aromatic rings. The highest BCUT2D eigenvalue weighted by Crippen LogP contribution is 2.40. The van der Waals surface area contributed by atoms with E-state index in [9.17, 15) is 23.9 Å². The van der Waals surface area contributed by atoms with Crippen molar-refractivity contribution >= 4 is 29.4 Å². The molecule has 4 aromatic carbocycles. The molecule has 1 N–H and O–H groups in total. The van der Waals surface area contributed by atoms with Gasteiger partial charge in [0.25, 0.3) is 0 Å². The highest BCUT2D eigenvalue weighted by Gasteiger charge is 2.54. The Labute approximate surface area is 254 Å². The van der Waals surface area contributed by atoms with Crippen LogP contribution in [0.1, 0.15) is 46.9 Å². The second-order valence-corrected chi connectivity index (χ2v) is 11.5. The standard InChI is InChI=1S/C35H30ClFN2O4/c36-26-15-11-24(12-16-26)30(25-13-17-27(37)18-14-25)33(40)38-21-28-19-20-29(32(38)35(42)43)39(28)34(41)31(22-7-3-1-4-8-22)23-9-5-2-6-10-23/h1-18,28-32H,19-21H2,(H,42,43)/t28-,29+,30?,32-/m0/s1. The Morgan fingerprint density at radius 3 is 1.72 bits per heavy atom. The molecule has 6 nitrogen and oxygen atoms in total. The number of piperazine rings is 1. The third kappa shape index (κ3) is 5.53. The quantitative estimate of drug-likeness (QED) is 0.280. The fourth-order valence-corrected chi connectivity index (χ4v) is 6.82. The maximum atomic E-state index is 14.4. The molecule has 2 heterocycles. The van der Waals surface area contributed by atoms with Crippen LogP contribution in [0.3, 0.4) is 0 Å². The van der Waals surface area contributed by atoms with Crippen molar-refractivity contribution in [2.75, 3.05) is 6.54 Å². The van der Waals surface area contributed by atoms with Crippen molar-refractivity contribution in [2.24, 2.45) is 0 Å². The van der Waals surface area contributed by atoms with Gasteiger partial charge in [0, 0.05) is 17.6 Å². The van der Waals surface area contributed by atoms with Crippen LogP contribution in [-0.2, 0) is 14.4 Å². The van der Waals surface area contributed by atoms with E-state index in [-0.39, 0.29) is 18.5 Å². The highest BCUT2D eigenvalue weighted by molar-refractivity contribution is 6.30. The maximum absolute atomic E-state index is 14.4. The van der Waals surface area contributed by atoms with E-state index in [1.807, 2.05) is 60.7 Å². The molecule has 2 aliphatic heterocycles. The Morgan fingerprint density at radius 1 is 0.698 bits per heavy atom. The van der Waals surface area contributed by atoms with Gasteiger partial charge in [-0.15, -0.1) is 0 Å². The number of likely N-dealkylation sites (tertiary alicyclic amines) is 1. The van der Waals surface area contributed by atoms with E-state index in [4.69, 9.17) is 11.6 Å². The number of carbonyl (C=O) groups is 3. The number of halogens is 2. The molecule has 2 fully saturated rings. The smallest absolute Gasteiger partial charge is 0.328 e. The molecule has 0 spiro atoms. The number of amides is 2. The highest BCUT2D eigenvalue weighted by atomic mass is 35.5. The van der Waals surface area contributed by atoms with E-state index in [2.05, 4.69) is 0 Å². The van der Waals surface area contributed by atoms with Gasteiger partial charge in [-0.2, -0.15) is 0 Å². The van der Waals surface area contributed by atoms with Crippen LogP contribution in [0.4, 0.5) is 4.39 Å². The summed E-state index contributed by atoms with van der Waals surface area (Å²) in [6.45, 7) is 0.0830. The lowest BCUT2D eigenvalue weighted by molar-refractivity contribution is -0.161. The maximum Gasteiger partial charge on any atom is 0.328 e. The second kappa shape index (κ2) is 12.0. The number of nitrogens with zero attached hydrogens (tertiary/aromatic N) is 2. The topological polar surface area (TPSA) is 77.9 Å². The van der Waals surface area contributed by atoms with Crippen LogP contribution in [0.5, 0.6) is 0 Å². The number of aliphatic carboxylic acids is 1. The molecule has 0 aromatic heterocycles. The van der Waals surface area contributed by atoms with Gasteiger partial charge in [-0.25, -0.2) is 9.18 Å². The number of carboxylic acids is 1. The summed E-state index contributed by atoms with van der Waals surface area (Å²) in [5.74, 6) is -3.66. The first-order valence-electron chi connectivity index (χ1n) is 14.3. The van der Waals surface area contributed by atoms with Gasteiger partial charge >= 0.3 is 5.97 Å². The normalized spacial score (nSPS) is 20.2. The zero-order valence-corrected chi connectivity index (χ0v) is 24.0. The minimum Gasteiger partial charge on any atom is -0.480 e. The number of rotatable bonds is 7. The third-order valence-electron chi connectivity index (χ3n) is 8.61. The predicted molar refractivity (Wildman–Crippen MR) is 161 cm³/mol. The van der Waals surface area contributed by atoms with Crippen LogP contribution in [0.25, 0.3) is 0 Å². The van der Waals surface area contributed by atoms with Crippen molar-refractivity contribution in [2.45, 2.75) is 42.8 Å². The molecule has 218 valence electrons. The van der Waals surface area contributed by atoms with Crippen LogP contribution >= 0.6 is 11.6 Å². The van der Waals surface area contributed by atoms with Crippen LogP contribution in [0, 0.1) is 5.82 Å². The lowest BCUT2D eigenvalue weighted by Gasteiger charge is -2.47. The van der Waals surface area contributed by atoms with Crippen molar-refractivity contribution in [1.82, 2.24) is 9.80 Å². The fourth-order valence-electron chi connectivity index (χ4n) is 6.69. The summed E-state index contributed by atoms with van der Waals surface area (Å²) in [5, 5.41) is 11.0. The Bertz CT molecular complexity index is 1530. The Kier molecular flexibility index (Phi) is 8.00. The van der Waals surface area contributed by atoms with Crippen molar-refractivity contribution in [3.63, 3.8) is 0 Å². The van der Waals surface area contributed by atoms with Crippen molar-refractivity contribution < 1.29 is 23.9 Å². The monoisotopic (exact) mass is 596 g/mol. The summed E-state index contributed by atoms with van der Waals surface area (Å²) in [6, 6.07) is 29.1. The molecule has 2 saturated heterocycles. The number of carbonyl (C=O) groups excluding carboxylic acids is 2. The summed E-state index contributed by atoms with van der Waals surface area (Å²) in [6.07, 6.45) is 1.05. The summed E-state index contributed by atoms with van der Waals surface area (Å²) < 4.78 is 13.8. The number of hydrogen-bond acceptors (Lipinski definition) is 3. The molecule has 0 saturated carbocycles. The first-order chi connectivity index (χ1) is 20.8. The number of carboxylic acid groups (broad SMARTS) is 1. The third-order valence-corrected chi connectivity index (χ3v) is 8.86. The number of hydrogen-bond donors (Lipinski definition) is 1. The lowest BCUT2D eigenvalue weighted by atomic mass is 9.87. The zero-order chi connectivity index (χ0) is 30.1. The minimum absolute atomic E-state index is 0.0830. The molecular formula is C35H30ClFN2O4. The van der Waals surface area contributed by atoms with Crippen molar-refractivity contribution in [3.8, 4) is 0 Å². The zero-order valence-electron chi connectivity index (χ0n) is 23.2. The van der Waals surface area contributed by atoms with E-state index < -0.39 is 41.6 Å². The fraction of sp³-hybridized carbons (Fsp3) is 0.229. The number of fused-ring (bicyclic) bond motifs is 2. The lowest BCUT2D eigenvalue weighted by Crippen LogP contribution is -2.66. The van der Waals surface area contributed by atoms with Gasteiger partial charge < -0.3 is 14.9 Å². The Balaban J connectivity index is 1.37. The molecule has 43 heavy (non-hydrogen) atoms. The van der Waals surface area contributed by atoms with Gasteiger partial charge in [0.1, 0.15) is 11.9 Å². The Hall–Kier alpha value is -4.49. The first kappa shape index (κ1) is 28.6. The van der Waals surface area contributed by atoms with Gasteiger partial charge in [-0.3, -0.25) is 9.59 Å². The minimum atomic E-state index is -1.24. The average molecular weight is 597 g/mol. The first-order valence-corrected chi connectivity index (χ1v) is 14.7. The summed E-state index contributed by atoms with van der Waals surface area (Å²) in [5.41, 5.74) is 2.80. The van der Waals surface area contributed by atoms with Crippen LogP contribution in [0.15, 0.2) is 109 Å². The molecule has 0 radical (unpaired) electrons. The summed E-state index contributed by atoms with van der Waals surface area (Å²) >= 11 is 6.12. The largest absolute Gasteiger partial charge is 0.480 e. The SMILES string of the molecule is O=C(O)[C@@H]1[C@H]2CC[C@@H](CN1C(=O)C(c1ccc(F)cc1)c1ccc(Cl)cc1)N2C(=O)C(c1ccccc1)c1ccccc1. The van der Waals surface area contributed by atoms with Gasteiger partial charge in [0.15, 0.2) is 0 Å². The van der Waals surface area contributed by atoms with E-state index in [1.165, 1.54) is 17.0 Å².